The largest absolute Gasteiger partial charge is 0.306 e. The van der Waals surface area contributed by atoms with Crippen LogP contribution >= 0.6 is 0 Å². The summed E-state index contributed by atoms with van der Waals surface area (Å²) in [5.41, 5.74) is 2.21. The van der Waals surface area contributed by atoms with Gasteiger partial charge in [0.25, 0.3) is 0 Å². The average Bonchev–Trinajstić information content (AvgIpc) is 2.36. The Morgan fingerprint density at radius 2 is 2.50 bits per heavy atom. The summed E-state index contributed by atoms with van der Waals surface area (Å²) in [6.07, 6.45) is 1.80. The molecule has 1 aromatic heterocycles. The van der Waals surface area contributed by atoms with Crippen molar-refractivity contribution < 1.29 is 0 Å². The Bertz CT molecular complexity index is 262. The molecule has 0 aliphatic carbocycles. The van der Waals surface area contributed by atoms with Gasteiger partial charge in [-0.15, -0.1) is 0 Å². The quantitative estimate of drug-likeness (QED) is 0.560. The van der Waals surface area contributed by atoms with Crippen LogP contribution in [0.2, 0.25) is 0 Å². The molecule has 10 heavy (non-hydrogen) atoms. The molecule has 0 saturated heterocycles. The lowest BCUT2D eigenvalue weighted by molar-refractivity contribution is 0.642. The summed E-state index contributed by atoms with van der Waals surface area (Å²) < 4.78 is 1.89. The van der Waals surface area contributed by atoms with Crippen LogP contribution in [0, 0.1) is 0 Å². The predicted octanol–water partition coefficient (Wildman–Crippen LogP) is 0.457. The fourth-order valence-corrected chi connectivity index (χ4v) is 1.16. The van der Waals surface area contributed by atoms with Gasteiger partial charge in [0.15, 0.2) is 0 Å². The predicted molar refractivity (Wildman–Crippen MR) is 39.3 cm³/mol. The number of fused-ring (bicyclic) bond motifs is 1. The zero-order chi connectivity index (χ0) is 6.97. The summed E-state index contributed by atoms with van der Waals surface area (Å²) in [7, 11) is 0. The lowest BCUT2D eigenvalue weighted by atomic mass is 10.3. The van der Waals surface area contributed by atoms with Gasteiger partial charge in [-0.3, -0.25) is 0 Å². The molecule has 0 aromatic carbocycles. The Kier molecular flexibility index (Phi) is 1.11. The topological polar surface area (TPSA) is 29.9 Å². The molecule has 1 aromatic rings. The van der Waals surface area contributed by atoms with Crippen LogP contribution < -0.4 is 5.32 Å². The van der Waals surface area contributed by atoms with E-state index in [4.69, 9.17) is 0 Å². The maximum Gasteiger partial charge on any atom is 0.0577 e. The van der Waals surface area contributed by atoms with Crippen molar-refractivity contribution in [3.63, 3.8) is 0 Å². The highest BCUT2D eigenvalue weighted by atomic mass is 15.3. The van der Waals surface area contributed by atoms with E-state index >= 15 is 0 Å². The Labute approximate surface area is 59.4 Å². The Morgan fingerprint density at radius 3 is 3.30 bits per heavy atom. The second kappa shape index (κ2) is 1.95. The second-order valence-electron chi connectivity index (χ2n) is 2.40. The van der Waals surface area contributed by atoms with Crippen molar-refractivity contribution in [3.8, 4) is 0 Å². The molecule has 1 aliphatic rings. The summed E-state index contributed by atoms with van der Waals surface area (Å²) in [5.74, 6) is 0. The molecule has 0 fully saturated rings. The third-order valence-corrected chi connectivity index (χ3v) is 1.66. The normalized spacial score (nSPS) is 17.0. The fraction of sp³-hybridized carbons (Fsp3) is 0.286. The highest BCUT2D eigenvalue weighted by molar-refractivity contribution is 5.45. The smallest absolute Gasteiger partial charge is 0.0577 e. The van der Waals surface area contributed by atoms with Crippen molar-refractivity contribution in [1.82, 2.24) is 15.1 Å². The molecule has 0 bridgehead atoms. The van der Waals surface area contributed by atoms with Crippen LogP contribution in [0.5, 0.6) is 0 Å². The molecule has 0 atom stereocenters. The van der Waals surface area contributed by atoms with E-state index in [1.807, 2.05) is 10.7 Å². The number of hydrogen-bond donors (Lipinski definition) is 1. The summed E-state index contributed by atoms with van der Waals surface area (Å²) >= 11 is 0. The molecule has 0 amide bonds. The summed E-state index contributed by atoms with van der Waals surface area (Å²) in [4.78, 5) is 0. The van der Waals surface area contributed by atoms with E-state index in [0.717, 1.165) is 18.8 Å². The molecule has 3 heteroatoms. The summed E-state index contributed by atoms with van der Waals surface area (Å²) in [6.45, 7) is 5.61. The van der Waals surface area contributed by atoms with Crippen molar-refractivity contribution in [3.05, 3.63) is 24.5 Å². The lowest BCUT2D eigenvalue weighted by Gasteiger charge is -2.16. The van der Waals surface area contributed by atoms with Crippen molar-refractivity contribution in [2.24, 2.45) is 0 Å². The number of hydrogen-bond acceptors (Lipinski definition) is 2. The van der Waals surface area contributed by atoms with Gasteiger partial charge in [0, 0.05) is 25.0 Å². The third kappa shape index (κ3) is 0.675. The lowest BCUT2D eigenvalue weighted by Crippen LogP contribution is -2.26. The minimum absolute atomic E-state index is 0.842. The molecule has 0 spiro atoms. The van der Waals surface area contributed by atoms with E-state index in [1.54, 1.807) is 6.20 Å². The van der Waals surface area contributed by atoms with Gasteiger partial charge >= 0.3 is 0 Å². The maximum absolute atomic E-state index is 4.11. The van der Waals surface area contributed by atoms with Gasteiger partial charge in [0.05, 0.1) is 5.69 Å². The number of rotatable bonds is 0. The van der Waals surface area contributed by atoms with Crippen LogP contribution in [-0.2, 0) is 6.54 Å². The van der Waals surface area contributed by atoms with E-state index in [9.17, 15) is 0 Å². The number of nitrogens with zero attached hydrogens (tertiary/aromatic N) is 2. The van der Waals surface area contributed by atoms with Crippen LogP contribution in [-0.4, -0.2) is 16.3 Å². The first-order valence-corrected chi connectivity index (χ1v) is 3.30. The molecule has 1 aliphatic heterocycles. The van der Waals surface area contributed by atoms with Gasteiger partial charge in [-0.05, 0) is 6.07 Å². The number of nitrogens with one attached hydrogen (secondary N) is 1. The van der Waals surface area contributed by atoms with E-state index in [2.05, 4.69) is 17.0 Å². The molecular weight excluding hydrogens is 126 g/mol. The van der Waals surface area contributed by atoms with Crippen LogP contribution in [0.25, 0.3) is 5.70 Å². The zero-order valence-corrected chi connectivity index (χ0v) is 5.67. The van der Waals surface area contributed by atoms with E-state index in [0.29, 0.717) is 0 Å². The monoisotopic (exact) mass is 135 g/mol. The maximum atomic E-state index is 4.11. The highest BCUT2D eigenvalue weighted by Gasteiger charge is 2.09. The Hall–Kier alpha value is -1.09. The van der Waals surface area contributed by atoms with Crippen LogP contribution in [0.3, 0.4) is 0 Å². The van der Waals surface area contributed by atoms with Crippen molar-refractivity contribution >= 4 is 5.70 Å². The van der Waals surface area contributed by atoms with Crippen LogP contribution in [0.15, 0.2) is 18.8 Å². The van der Waals surface area contributed by atoms with Crippen molar-refractivity contribution in [2.45, 2.75) is 6.54 Å². The zero-order valence-electron chi connectivity index (χ0n) is 5.67. The van der Waals surface area contributed by atoms with E-state index in [1.165, 1.54) is 5.69 Å². The SMILES string of the molecule is C=C1CNCc2ccnn21. The molecule has 1 N–H and O–H groups in total. The van der Waals surface area contributed by atoms with Gasteiger partial charge in [0.1, 0.15) is 0 Å². The first-order chi connectivity index (χ1) is 4.88. The van der Waals surface area contributed by atoms with Gasteiger partial charge in [0.2, 0.25) is 0 Å². The molecular formula is C7H9N3. The molecule has 2 heterocycles. The Morgan fingerprint density at radius 1 is 1.60 bits per heavy atom. The fourth-order valence-electron chi connectivity index (χ4n) is 1.16. The molecule has 2 rings (SSSR count). The molecule has 52 valence electrons. The van der Waals surface area contributed by atoms with Gasteiger partial charge in [-0.25, -0.2) is 4.68 Å². The molecule has 3 nitrogen and oxygen atoms in total. The van der Waals surface area contributed by atoms with E-state index < -0.39 is 0 Å². The molecule has 0 saturated carbocycles. The van der Waals surface area contributed by atoms with Crippen LogP contribution in [0.4, 0.5) is 0 Å². The van der Waals surface area contributed by atoms with Gasteiger partial charge in [-0.1, -0.05) is 6.58 Å². The summed E-state index contributed by atoms with van der Waals surface area (Å²) in [5, 5.41) is 7.33. The third-order valence-electron chi connectivity index (χ3n) is 1.66. The van der Waals surface area contributed by atoms with Crippen molar-refractivity contribution in [1.29, 1.82) is 0 Å². The first-order valence-electron chi connectivity index (χ1n) is 3.30. The highest BCUT2D eigenvalue weighted by Crippen LogP contribution is 2.09. The van der Waals surface area contributed by atoms with Gasteiger partial charge < -0.3 is 5.32 Å². The van der Waals surface area contributed by atoms with E-state index in [-0.39, 0.29) is 0 Å². The Balaban J connectivity index is 2.50. The minimum atomic E-state index is 0.842. The van der Waals surface area contributed by atoms with Crippen LogP contribution in [0.1, 0.15) is 5.69 Å². The number of aromatic nitrogens is 2. The minimum Gasteiger partial charge on any atom is -0.306 e. The molecule has 0 radical (unpaired) electrons. The summed E-state index contributed by atoms with van der Waals surface area (Å²) in [6, 6.07) is 2.00. The second-order valence-corrected chi connectivity index (χ2v) is 2.40. The molecule has 0 unspecified atom stereocenters. The van der Waals surface area contributed by atoms with Gasteiger partial charge in [-0.2, -0.15) is 5.10 Å². The van der Waals surface area contributed by atoms with Crippen molar-refractivity contribution in [2.75, 3.05) is 6.54 Å². The first kappa shape index (κ1) is 5.68. The standard InChI is InChI=1S/C7H9N3/c1-6-4-8-5-7-2-3-9-10(6)7/h2-3,8H,1,4-5H2. The average molecular weight is 135 g/mol.